The molecular formula is C8HBrF16O4S. The van der Waals surface area contributed by atoms with E-state index < -0.39 is 56.1 Å². The van der Waals surface area contributed by atoms with Gasteiger partial charge in [0.15, 0.2) is 0 Å². The minimum Gasteiger partial charge on any atom is -0.281 e. The lowest BCUT2D eigenvalue weighted by molar-refractivity contribution is -0.497. The maximum absolute atomic E-state index is 13.1. The van der Waals surface area contributed by atoms with Crippen LogP contribution in [0.15, 0.2) is 0 Å². The summed E-state index contributed by atoms with van der Waals surface area (Å²) in [5.41, 5.74) is 0. The Labute approximate surface area is 161 Å². The van der Waals surface area contributed by atoms with Gasteiger partial charge >= 0.3 is 56.1 Å². The molecule has 1 N–H and O–H groups in total. The summed E-state index contributed by atoms with van der Waals surface area (Å²) in [6, 6.07) is 0. The normalized spacial score (nSPS) is 16.7. The predicted molar refractivity (Wildman–Crippen MR) is 61.1 cm³/mol. The van der Waals surface area contributed by atoms with Crippen LogP contribution in [-0.2, 0) is 14.9 Å². The first kappa shape index (κ1) is 29.2. The topological polar surface area (TPSA) is 63.6 Å². The van der Waals surface area contributed by atoms with E-state index >= 15 is 0 Å². The average Bonchev–Trinajstić information content (AvgIpc) is 2.42. The Balaban J connectivity index is 6.53. The van der Waals surface area contributed by atoms with Crippen molar-refractivity contribution in [2.75, 3.05) is 0 Å². The van der Waals surface area contributed by atoms with Crippen molar-refractivity contribution in [3.8, 4) is 0 Å². The highest BCUT2D eigenvalue weighted by Crippen LogP contribution is 2.62. The van der Waals surface area contributed by atoms with Crippen molar-refractivity contribution < 1.29 is 88.0 Å². The van der Waals surface area contributed by atoms with Crippen molar-refractivity contribution in [1.29, 1.82) is 0 Å². The van der Waals surface area contributed by atoms with Crippen molar-refractivity contribution in [2.45, 2.75) is 46.0 Å². The lowest BCUT2D eigenvalue weighted by Gasteiger charge is -2.40. The standard InChI is InChI=1S/C8HBrF16O4S/c9-5(18,19)3(14,15)1(10,11)2(12,13)4(16,17)6(20,21)29-7(22,23)8(24,25)30(26,27)28/h(H,26,27,28). The molecule has 0 aromatic carbocycles. The van der Waals surface area contributed by atoms with Crippen LogP contribution in [0.3, 0.4) is 0 Å². The largest absolute Gasteiger partial charge is 0.460 e. The maximum Gasteiger partial charge on any atom is 0.460 e. The summed E-state index contributed by atoms with van der Waals surface area (Å²) < 4.78 is 235. The first-order chi connectivity index (χ1) is 12.5. The molecule has 0 aromatic heterocycles. The molecule has 0 aliphatic heterocycles. The van der Waals surface area contributed by atoms with Gasteiger partial charge in [-0.15, -0.1) is 0 Å². The van der Waals surface area contributed by atoms with Gasteiger partial charge in [-0.3, -0.25) is 4.55 Å². The lowest BCUT2D eigenvalue weighted by atomic mass is 9.98. The highest BCUT2D eigenvalue weighted by molar-refractivity contribution is 9.10. The fourth-order valence-corrected chi connectivity index (χ4v) is 1.78. The first-order valence-electron chi connectivity index (χ1n) is 5.84. The van der Waals surface area contributed by atoms with E-state index in [1.54, 1.807) is 0 Å². The summed E-state index contributed by atoms with van der Waals surface area (Å²) in [6.07, 6.45) is -15.7. The van der Waals surface area contributed by atoms with Crippen LogP contribution in [0.5, 0.6) is 0 Å². The van der Waals surface area contributed by atoms with Gasteiger partial charge in [0, 0.05) is 0 Å². The van der Waals surface area contributed by atoms with Crippen LogP contribution in [-0.4, -0.2) is 59.0 Å². The molecule has 0 amide bonds. The highest BCUT2D eigenvalue weighted by atomic mass is 79.9. The van der Waals surface area contributed by atoms with E-state index in [9.17, 15) is 78.7 Å². The van der Waals surface area contributed by atoms with Crippen LogP contribution >= 0.6 is 15.9 Å². The second kappa shape index (κ2) is 7.12. The van der Waals surface area contributed by atoms with E-state index in [2.05, 4.69) is 0 Å². The third-order valence-corrected chi connectivity index (χ3v) is 4.21. The molecule has 0 aliphatic rings. The quantitative estimate of drug-likeness (QED) is 0.233. The summed E-state index contributed by atoms with van der Waals surface area (Å²) in [5, 5.41) is -7.32. The van der Waals surface area contributed by atoms with Crippen LogP contribution < -0.4 is 0 Å². The van der Waals surface area contributed by atoms with Crippen molar-refractivity contribution in [3.05, 3.63) is 0 Å². The number of hydrogen-bond donors (Lipinski definition) is 1. The van der Waals surface area contributed by atoms with Gasteiger partial charge in [-0.2, -0.15) is 78.7 Å². The zero-order valence-electron chi connectivity index (χ0n) is 12.5. The van der Waals surface area contributed by atoms with Crippen molar-refractivity contribution in [2.24, 2.45) is 0 Å². The molecule has 0 bridgehead atoms. The van der Waals surface area contributed by atoms with E-state index in [-0.39, 0.29) is 0 Å². The SMILES string of the molecule is O=S(=O)(O)C(F)(F)C(F)(F)OC(F)(F)C(F)(F)C(F)(F)C(F)(F)C(F)(F)C(F)(F)Br. The second-order valence-corrected chi connectivity index (χ2v) is 7.38. The summed E-state index contributed by atoms with van der Waals surface area (Å²) >= 11 is 0.368. The lowest BCUT2D eigenvalue weighted by Crippen LogP contribution is -2.71. The Morgan fingerprint density at radius 3 is 1.13 bits per heavy atom. The molecule has 0 spiro atoms. The van der Waals surface area contributed by atoms with Gasteiger partial charge in [0.1, 0.15) is 0 Å². The van der Waals surface area contributed by atoms with Crippen molar-refractivity contribution in [1.82, 2.24) is 0 Å². The summed E-state index contributed by atoms with van der Waals surface area (Å²) in [5.74, 6) is -32.7. The number of hydrogen-bond acceptors (Lipinski definition) is 3. The molecule has 0 aromatic rings. The average molecular weight is 577 g/mol. The number of rotatable bonds is 9. The number of ether oxygens (including phenoxy) is 1. The second-order valence-electron chi connectivity index (χ2n) is 4.92. The molecule has 0 rings (SSSR count). The molecule has 0 radical (unpaired) electrons. The molecule has 0 saturated heterocycles. The van der Waals surface area contributed by atoms with Crippen molar-refractivity contribution in [3.63, 3.8) is 0 Å². The minimum absolute atomic E-state index is 0.368. The zero-order valence-corrected chi connectivity index (χ0v) is 14.9. The third-order valence-electron chi connectivity index (χ3n) is 2.82. The smallest absolute Gasteiger partial charge is 0.281 e. The van der Waals surface area contributed by atoms with Crippen LogP contribution in [0.1, 0.15) is 0 Å². The molecule has 0 unspecified atom stereocenters. The van der Waals surface area contributed by atoms with E-state index in [0.29, 0.717) is 15.9 Å². The Hall–Kier alpha value is -0.770. The Bertz CT molecular complexity index is 756. The molecule has 22 heteroatoms. The Kier molecular flexibility index (Phi) is 6.93. The predicted octanol–water partition coefficient (Wildman–Crippen LogP) is 5.20. The molecule has 182 valence electrons. The highest BCUT2D eigenvalue weighted by Gasteiger charge is 2.91. The zero-order chi connectivity index (χ0) is 25.2. The molecule has 4 nitrogen and oxygen atoms in total. The van der Waals surface area contributed by atoms with Crippen LogP contribution in [0.2, 0.25) is 0 Å². The summed E-state index contributed by atoms with van der Waals surface area (Å²) in [4.78, 5) is -6.51. The molecule has 0 fully saturated rings. The first-order valence-corrected chi connectivity index (χ1v) is 8.07. The number of alkyl halides is 17. The molecule has 0 heterocycles. The molecule has 0 atom stereocenters. The fraction of sp³-hybridized carbons (Fsp3) is 1.00. The van der Waals surface area contributed by atoms with Gasteiger partial charge < -0.3 is 0 Å². The van der Waals surface area contributed by atoms with Gasteiger partial charge in [0.25, 0.3) is 0 Å². The van der Waals surface area contributed by atoms with Gasteiger partial charge in [-0.25, -0.2) is 4.74 Å². The summed E-state index contributed by atoms with van der Waals surface area (Å²) in [7, 11) is -7.53. The fourth-order valence-electron chi connectivity index (χ4n) is 1.19. The molecular weight excluding hydrogens is 576 g/mol. The maximum atomic E-state index is 13.1. The van der Waals surface area contributed by atoms with Gasteiger partial charge in [-0.1, -0.05) is 0 Å². The van der Waals surface area contributed by atoms with Crippen LogP contribution in [0.25, 0.3) is 0 Å². The van der Waals surface area contributed by atoms with E-state index in [4.69, 9.17) is 4.55 Å². The molecule has 0 aliphatic carbocycles. The van der Waals surface area contributed by atoms with Crippen molar-refractivity contribution >= 4 is 26.0 Å². The van der Waals surface area contributed by atoms with Crippen LogP contribution in [0, 0.1) is 0 Å². The Morgan fingerprint density at radius 2 is 0.867 bits per heavy atom. The number of halogens is 17. The van der Waals surface area contributed by atoms with Gasteiger partial charge in [-0.05, 0) is 15.9 Å². The monoisotopic (exact) mass is 576 g/mol. The molecule has 0 saturated carbocycles. The third kappa shape index (κ3) is 4.02. The van der Waals surface area contributed by atoms with Crippen LogP contribution in [0.4, 0.5) is 70.2 Å². The van der Waals surface area contributed by atoms with E-state index in [1.165, 1.54) is 4.74 Å². The summed E-state index contributed by atoms with van der Waals surface area (Å²) in [6.45, 7) is 0. The minimum atomic E-state index is -8.45. The van der Waals surface area contributed by atoms with Gasteiger partial charge in [0.05, 0.1) is 0 Å². The van der Waals surface area contributed by atoms with E-state index in [1.807, 2.05) is 0 Å². The van der Waals surface area contributed by atoms with E-state index in [0.717, 1.165) is 0 Å². The Morgan fingerprint density at radius 1 is 0.567 bits per heavy atom. The molecule has 30 heavy (non-hydrogen) atoms. The van der Waals surface area contributed by atoms with Gasteiger partial charge in [0.2, 0.25) is 0 Å².